The SMILES string of the molecule is CCOC(=O)/C(=C/[C@H](C(C)C)N(C)C(=O)[C@@H](NC)C(C)C)CC.Cl. The van der Waals surface area contributed by atoms with Gasteiger partial charge in [-0.2, -0.15) is 0 Å². The van der Waals surface area contributed by atoms with Crippen LogP contribution in [0, 0.1) is 11.8 Å². The minimum Gasteiger partial charge on any atom is -0.463 e. The highest BCUT2D eigenvalue weighted by molar-refractivity contribution is 5.89. The van der Waals surface area contributed by atoms with Gasteiger partial charge in [-0.15, -0.1) is 12.4 Å². The highest BCUT2D eigenvalue weighted by Gasteiger charge is 2.29. The number of nitrogens with zero attached hydrogens (tertiary/aromatic N) is 1. The molecule has 0 radical (unpaired) electrons. The van der Waals surface area contributed by atoms with E-state index in [4.69, 9.17) is 4.74 Å². The molecule has 0 saturated carbocycles. The minimum absolute atomic E-state index is 0. The van der Waals surface area contributed by atoms with Gasteiger partial charge in [0, 0.05) is 12.6 Å². The van der Waals surface area contributed by atoms with Crippen molar-refractivity contribution in [3.8, 4) is 0 Å². The fourth-order valence-corrected chi connectivity index (χ4v) is 2.62. The largest absolute Gasteiger partial charge is 0.463 e. The van der Waals surface area contributed by atoms with Gasteiger partial charge in [-0.3, -0.25) is 4.79 Å². The van der Waals surface area contributed by atoms with Crippen LogP contribution in [0.4, 0.5) is 0 Å². The lowest BCUT2D eigenvalue weighted by Crippen LogP contribution is -2.51. The van der Waals surface area contributed by atoms with Crippen molar-refractivity contribution < 1.29 is 14.3 Å². The van der Waals surface area contributed by atoms with E-state index < -0.39 is 0 Å². The molecule has 24 heavy (non-hydrogen) atoms. The number of rotatable bonds is 9. The fraction of sp³-hybridized carbons (Fsp3) is 0.778. The first-order valence-corrected chi connectivity index (χ1v) is 8.52. The summed E-state index contributed by atoms with van der Waals surface area (Å²) in [5.41, 5.74) is 0.621. The van der Waals surface area contributed by atoms with Crippen molar-refractivity contribution in [1.82, 2.24) is 10.2 Å². The molecule has 0 aliphatic heterocycles. The zero-order valence-corrected chi connectivity index (χ0v) is 17.2. The molecule has 2 atom stereocenters. The Morgan fingerprint density at radius 3 is 2.00 bits per heavy atom. The number of carbonyl (C=O) groups excluding carboxylic acids is 2. The zero-order chi connectivity index (χ0) is 18.2. The van der Waals surface area contributed by atoms with Crippen LogP contribution in [0.15, 0.2) is 11.6 Å². The van der Waals surface area contributed by atoms with Crippen LogP contribution < -0.4 is 5.32 Å². The van der Waals surface area contributed by atoms with Crippen molar-refractivity contribution in [3.05, 3.63) is 11.6 Å². The van der Waals surface area contributed by atoms with E-state index in [9.17, 15) is 9.59 Å². The van der Waals surface area contributed by atoms with E-state index in [1.807, 2.05) is 40.7 Å². The molecule has 142 valence electrons. The summed E-state index contributed by atoms with van der Waals surface area (Å²) >= 11 is 0. The molecule has 0 aromatic carbocycles. The molecule has 5 nitrogen and oxygen atoms in total. The lowest BCUT2D eigenvalue weighted by Gasteiger charge is -2.33. The van der Waals surface area contributed by atoms with Crippen molar-refractivity contribution >= 4 is 24.3 Å². The molecule has 0 bridgehead atoms. The van der Waals surface area contributed by atoms with E-state index in [2.05, 4.69) is 5.32 Å². The maximum atomic E-state index is 12.7. The monoisotopic (exact) mass is 362 g/mol. The predicted molar refractivity (Wildman–Crippen MR) is 101 cm³/mol. The van der Waals surface area contributed by atoms with Gasteiger partial charge in [0.1, 0.15) is 0 Å². The van der Waals surface area contributed by atoms with Crippen molar-refractivity contribution in [2.24, 2.45) is 11.8 Å². The average Bonchev–Trinajstić information content (AvgIpc) is 2.47. The van der Waals surface area contributed by atoms with Gasteiger partial charge < -0.3 is 15.0 Å². The Morgan fingerprint density at radius 2 is 1.67 bits per heavy atom. The molecule has 0 spiro atoms. The fourth-order valence-electron chi connectivity index (χ4n) is 2.62. The van der Waals surface area contributed by atoms with Gasteiger partial charge in [-0.1, -0.05) is 40.7 Å². The molecular weight excluding hydrogens is 328 g/mol. The van der Waals surface area contributed by atoms with Gasteiger partial charge in [0.15, 0.2) is 0 Å². The van der Waals surface area contributed by atoms with Crippen LogP contribution in [0.1, 0.15) is 48.0 Å². The Kier molecular flexibility index (Phi) is 12.9. The third kappa shape index (κ3) is 7.22. The van der Waals surface area contributed by atoms with Gasteiger partial charge in [0.05, 0.1) is 18.7 Å². The molecule has 0 aliphatic rings. The van der Waals surface area contributed by atoms with E-state index in [-0.39, 0.29) is 48.2 Å². The van der Waals surface area contributed by atoms with E-state index in [1.54, 1.807) is 25.9 Å². The number of esters is 1. The molecule has 0 aromatic heterocycles. The van der Waals surface area contributed by atoms with Crippen LogP contribution >= 0.6 is 12.4 Å². The topological polar surface area (TPSA) is 58.6 Å². The molecule has 0 heterocycles. The summed E-state index contributed by atoms with van der Waals surface area (Å²) in [6, 6.07) is -0.376. The average molecular weight is 363 g/mol. The Balaban J connectivity index is 0. The first kappa shape index (κ1) is 25.2. The number of nitrogens with one attached hydrogen (secondary N) is 1. The molecule has 0 aromatic rings. The molecule has 0 saturated heterocycles. The highest BCUT2D eigenvalue weighted by Crippen LogP contribution is 2.18. The standard InChI is InChI=1S/C18H34N2O3.ClH/c1-9-14(18(22)23-10-2)11-15(12(3)4)20(8)17(21)16(19-7)13(5)6;/h11-13,15-16,19H,9-10H2,1-8H3;1H/b14-11+;/t15-,16+;/m1./s1. The van der Waals surface area contributed by atoms with Gasteiger partial charge >= 0.3 is 5.97 Å². The minimum atomic E-state index is -0.296. The molecule has 0 unspecified atom stereocenters. The number of amides is 1. The molecule has 0 aliphatic carbocycles. The van der Waals surface area contributed by atoms with Gasteiger partial charge in [-0.05, 0) is 32.2 Å². The predicted octanol–water partition coefficient (Wildman–Crippen LogP) is 3.03. The summed E-state index contributed by atoms with van der Waals surface area (Å²) < 4.78 is 5.10. The molecule has 0 fully saturated rings. The molecular formula is C18H35ClN2O3. The van der Waals surface area contributed by atoms with Gasteiger partial charge in [0.2, 0.25) is 5.91 Å². The highest BCUT2D eigenvalue weighted by atomic mass is 35.5. The van der Waals surface area contributed by atoms with Crippen LogP contribution in [-0.2, 0) is 14.3 Å². The molecule has 0 rings (SSSR count). The maximum Gasteiger partial charge on any atom is 0.333 e. The number of carbonyl (C=O) groups is 2. The number of hydrogen-bond acceptors (Lipinski definition) is 4. The van der Waals surface area contributed by atoms with E-state index in [1.165, 1.54) is 0 Å². The Bertz CT molecular complexity index is 422. The second-order valence-corrected chi connectivity index (χ2v) is 6.46. The van der Waals surface area contributed by atoms with Crippen molar-refractivity contribution in [3.63, 3.8) is 0 Å². The first-order valence-electron chi connectivity index (χ1n) is 8.52. The lowest BCUT2D eigenvalue weighted by molar-refractivity contribution is -0.139. The Hall–Kier alpha value is -1.07. The number of ether oxygens (including phenoxy) is 1. The summed E-state index contributed by atoms with van der Waals surface area (Å²) in [6.07, 6.45) is 2.47. The zero-order valence-electron chi connectivity index (χ0n) is 16.4. The van der Waals surface area contributed by atoms with Gasteiger partial charge in [-0.25, -0.2) is 4.79 Å². The van der Waals surface area contributed by atoms with Crippen LogP contribution in [0.2, 0.25) is 0 Å². The smallest absolute Gasteiger partial charge is 0.333 e. The normalized spacial score (nSPS) is 14.2. The second-order valence-electron chi connectivity index (χ2n) is 6.46. The Morgan fingerprint density at radius 1 is 1.12 bits per heavy atom. The van der Waals surface area contributed by atoms with Crippen LogP contribution in [0.25, 0.3) is 0 Å². The molecule has 6 heteroatoms. The lowest BCUT2D eigenvalue weighted by atomic mass is 9.96. The summed E-state index contributed by atoms with van der Waals surface area (Å²) in [5, 5.41) is 3.08. The summed E-state index contributed by atoms with van der Waals surface area (Å²) in [6.45, 7) is 12.2. The van der Waals surface area contributed by atoms with Crippen LogP contribution in [0.3, 0.4) is 0 Å². The van der Waals surface area contributed by atoms with Crippen molar-refractivity contribution in [1.29, 1.82) is 0 Å². The number of likely N-dealkylation sites (N-methyl/N-ethyl adjacent to an activating group) is 2. The van der Waals surface area contributed by atoms with Crippen molar-refractivity contribution in [2.45, 2.75) is 60.0 Å². The summed E-state index contributed by atoms with van der Waals surface area (Å²) in [5.74, 6) is 0.138. The molecule has 1 N–H and O–H groups in total. The van der Waals surface area contributed by atoms with Crippen LogP contribution in [0.5, 0.6) is 0 Å². The summed E-state index contributed by atoms with van der Waals surface area (Å²) in [7, 11) is 3.60. The second kappa shape index (κ2) is 12.3. The maximum absolute atomic E-state index is 12.7. The van der Waals surface area contributed by atoms with E-state index in [0.717, 1.165) is 0 Å². The quantitative estimate of drug-likeness (QED) is 0.506. The molecule has 1 amide bonds. The summed E-state index contributed by atoms with van der Waals surface area (Å²) in [4.78, 5) is 26.5. The Labute approximate surface area is 153 Å². The van der Waals surface area contributed by atoms with Crippen molar-refractivity contribution in [2.75, 3.05) is 20.7 Å². The number of hydrogen-bond donors (Lipinski definition) is 1. The third-order valence-electron chi connectivity index (χ3n) is 4.01. The first-order chi connectivity index (χ1) is 10.7. The number of halogens is 1. The van der Waals surface area contributed by atoms with E-state index >= 15 is 0 Å². The van der Waals surface area contributed by atoms with Crippen LogP contribution in [-0.4, -0.2) is 49.6 Å². The third-order valence-corrected chi connectivity index (χ3v) is 4.01. The van der Waals surface area contributed by atoms with Gasteiger partial charge in [0.25, 0.3) is 0 Å². The van der Waals surface area contributed by atoms with E-state index in [0.29, 0.717) is 18.6 Å².